The van der Waals surface area contributed by atoms with Gasteiger partial charge in [0.25, 0.3) is 0 Å². The van der Waals surface area contributed by atoms with Gasteiger partial charge in [0, 0.05) is 5.54 Å². The van der Waals surface area contributed by atoms with Crippen molar-refractivity contribution in [1.29, 1.82) is 0 Å². The molecule has 0 saturated heterocycles. The van der Waals surface area contributed by atoms with Gasteiger partial charge in [-0.15, -0.1) is 0 Å². The first-order valence-corrected chi connectivity index (χ1v) is 4.89. The molecule has 0 heterocycles. The van der Waals surface area contributed by atoms with Crippen LogP contribution in [0.4, 0.5) is 0 Å². The first kappa shape index (κ1) is 9.05. The van der Waals surface area contributed by atoms with Crippen molar-refractivity contribution in [1.82, 2.24) is 4.90 Å². The van der Waals surface area contributed by atoms with E-state index in [1.165, 1.54) is 38.5 Å². The lowest BCUT2D eigenvalue weighted by Crippen LogP contribution is -2.45. The first-order chi connectivity index (χ1) is 5.21. The van der Waals surface area contributed by atoms with Crippen molar-refractivity contribution in [3.63, 3.8) is 0 Å². The van der Waals surface area contributed by atoms with Gasteiger partial charge in [-0.05, 0) is 33.4 Å². The highest BCUT2D eigenvalue weighted by molar-refractivity contribution is 4.88. The lowest BCUT2D eigenvalue weighted by Gasteiger charge is -2.42. The molecule has 0 aromatic rings. The summed E-state index contributed by atoms with van der Waals surface area (Å²) in [5.41, 5.74) is 0.554. The van der Waals surface area contributed by atoms with Crippen LogP contribution in [0.25, 0.3) is 0 Å². The van der Waals surface area contributed by atoms with Crippen molar-refractivity contribution in [2.75, 3.05) is 14.1 Å². The van der Waals surface area contributed by atoms with Crippen molar-refractivity contribution >= 4 is 0 Å². The smallest absolute Gasteiger partial charge is 0.0200 e. The molecule has 0 bridgehead atoms. The molecule has 1 nitrogen and oxygen atoms in total. The normalized spacial score (nSPS) is 24.0. The Morgan fingerprint density at radius 3 is 1.91 bits per heavy atom. The number of hydrogen-bond acceptors (Lipinski definition) is 1. The molecule has 1 heteroatoms. The molecule has 66 valence electrons. The van der Waals surface area contributed by atoms with Crippen LogP contribution >= 0.6 is 0 Å². The van der Waals surface area contributed by atoms with Crippen LogP contribution in [0.2, 0.25) is 0 Å². The SMILES string of the molecule is CCC1(N(C)C)CCCCC1. The van der Waals surface area contributed by atoms with E-state index in [4.69, 9.17) is 0 Å². The van der Waals surface area contributed by atoms with Crippen molar-refractivity contribution in [3.8, 4) is 0 Å². The van der Waals surface area contributed by atoms with Crippen LogP contribution in [-0.2, 0) is 0 Å². The largest absolute Gasteiger partial charge is 0.304 e. The van der Waals surface area contributed by atoms with E-state index in [0.29, 0.717) is 5.54 Å². The van der Waals surface area contributed by atoms with Crippen LogP contribution in [0.1, 0.15) is 45.4 Å². The summed E-state index contributed by atoms with van der Waals surface area (Å²) in [6, 6.07) is 0. The minimum atomic E-state index is 0.554. The Kier molecular flexibility index (Phi) is 2.94. The highest BCUT2D eigenvalue weighted by Crippen LogP contribution is 2.34. The van der Waals surface area contributed by atoms with Gasteiger partial charge in [-0.3, -0.25) is 0 Å². The molecular formula is C10H21N. The standard InChI is InChI=1S/C10H21N/c1-4-10(11(2)3)8-6-5-7-9-10/h4-9H2,1-3H3. The van der Waals surface area contributed by atoms with Crippen molar-refractivity contribution in [2.45, 2.75) is 51.0 Å². The molecule has 0 radical (unpaired) electrons. The van der Waals surface area contributed by atoms with E-state index in [1.54, 1.807) is 0 Å². The van der Waals surface area contributed by atoms with E-state index < -0.39 is 0 Å². The minimum absolute atomic E-state index is 0.554. The van der Waals surface area contributed by atoms with Gasteiger partial charge in [-0.2, -0.15) is 0 Å². The topological polar surface area (TPSA) is 3.24 Å². The summed E-state index contributed by atoms with van der Waals surface area (Å²) >= 11 is 0. The minimum Gasteiger partial charge on any atom is -0.304 e. The Morgan fingerprint density at radius 1 is 1.09 bits per heavy atom. The molecule has 1 aliphatic carbocycles. The van der Waals surface area contributed by atoms with Crippen LogP contribution in [0.3, 0.4) is 0 Å². The molecule has 1 fully saturated rings. The van der Waals surface area contributed by atoms with Gasteiger partial charge >= 0.3 is 0 Å². The Hall–Kier alpha value is -0.0400. The molecule has 11 heavy (non-hydrogen) atoms. The van der Waals surface area contributed by atoms with Gasteiger partial charge in [0.1, 0.15) is 0 Å². The second-order valence-corrected chi connectivity index (χ2v) is 4.03. The molecule has 0 N–H and O–H groups in total. The fourth-order valence-electron chi connectivity index (χ4n) is 2.33. The molecule has 1 aliphatic rings. The molecular weight excluding hydrogens is 134 g/mol. The van der Waals surface area contributed by atoms with Crippen LogP contribution in [0, 0.1) is 0 Å². The third kappa shape index (κ3) is 1.76. The Labute approximate surface area is 70.8 Å². The molecule has 0 spiro atoms. The summed E-state index contributed by atoms with van der Waals surface area (Å²) in [4.78, 5) is 2.44. The van der Waals surface area contributed by atoms with E-state index >= 15 is 0 Å². The van der Waals surface area contributed by atoms with Crippen LogP contribution < -0.4 is 0 Å². The van der Waals surface area contributed by atoms with Crippen molar-refractivity contribution in [2.24, 2.45) is 0 Å². The molecule has 0 aliphatic heterocycles. The van der Waals surface area contributed by atoms with Crippen LogP contribution in [0.15, 0.2) is 0 Å². The van der Waals surface area contributed by atoms with Crippen LogP contribution in [-0.4, -0.2) is 24.5 Å². The second kappa shape index (κ2) is 3.57. The van der Waals surface area contributed by atoms with Gasteiger partial charge in [0.05, 0.1) is 0 Å². The zero-order valence-electron chi connectivity index (χ0n) is 8.19. The van der Waals surface area contributed by atoms with E-state index in [1.807, 2.05) is 0 Å². The summed E-state index contributed by atoms with van der Waals surface area (Å²) in [5.74, 6) is 0. The molecule has 0 atom stereocenters. The molecule has 1 saturated carbocycles. The molecule has 0 amide bonds. The van der Waals surface area contributed by atoms with Crippen molar-refractivity contribution in [3.05, 3.63) is 0 Å². The first-order valence-electron chi connectivity index (χ1n) is 4.89. The fourth-order valence-corrected chi connectivity index (χ4v) is 2.33. The molecule has 0 aromatic heterocycles. The molecule has 0 unspecified atom stereocenters. The number of hydrogen-bond donors (Lipinski definition) is 0. The molecule has 0 aromatic carbocycles. The highest BCUT2D eigenvalue weighted by atomic mass is 15.1. The third-order valence-corrected chi connectivity index (χ3v) is 3.39. The Balaban J connectivity index is 2.57. The maximum absolute atomic E-state index is 2.44. The fraction of sp³-hybridized carbons (Fsp3) is 1.00. The maximum atomic E-state index is 2.44. The third-order valence-electron chi connectivity index (χ3n) is 3.39. The Morgan fingerprint density at radius 2 is 1.64 bits per heavy atom. The van der Waals surface area contributed by atoms with E-state index in [2.05, 4.69) is 25.9 Å². The average Bonchev–Trinajstić information content (AvgIpc) is 2.05. The number of rotatable bonds is 2. The lowest BCUT2D eigenvalue weighted by atomic mass is 9.79. The number of nitrogens with zero attached hydrogens (tertiary/aromatic N) is 1. The van der Waals surface area contributed by atoms with Gasteiger partial charge in [0.2, 0.25) is 0 Å². The van der Waals surface area contributed by atoms with Gasteiger partial charge in [-0.25, -0.2) is 0 Å². The zero-order chi connectivity index (χ0) is 8.32. The zero-order valence-corrected chi connectivity index (χ0v) is 8.19. The summed E-state index contributed by atoms with van der Waals surface area (Å²) in [7, 11) is 4.46. The summed E-state index contributed by atoms with van der Waals surface area (Å²) < 4.78 is 0. The predicted molar refractivity (Wildman–Crippen MR) is 49.8 cm³/mol. The second-order valence-electron chi connectivity index (χ2n) is 4.03. The summed E-state index contributed by atoms with van der Waals surface area (Å²) in [6.07, 6.45) is 8.47. The van der Waals surface area contributed by atoms with Gasteiger partial charge in [0.15, 0.2) is 0 Å². The highest BCUT2D eigenvalue weighted by Gasteiger charge is 2.31. The predicted octanol–water partition coefficient (Wildman–Crippen LogP) is 2.66. The average molecular weight is 155 g/mol. The van der Waals surface area contributed by atoms with E-state index in [9.17, 15) is 0 Å². The monoisotopic (exact) mass is 155 g/mol. The van der Waals surface area contributed by atoms with Gasteiger partial charge < -0.3 is 4.90 Å². The van der Waals surface area contributed by atoms with E-state index in [-0.39, 0.29) is 0 Å². The van der Waals surface area contributed by atoms with Crippen LogP contribution in [0.5, 0.6) is 0 Å². The van der Waals surface area contributed by atoms with E-state index in [0.717, 1.165) is 0 Å². The van der Waals surface area contributed by atoms with Crippen molar-refractivity contribution < 1.29 is 0 Å². The van der Waals surface area contributed by atoms with Gasteiger partial charge in [-0.1, -0.05) is 26.2 Å². The quantitative estimate of drug-likeness (QED) is 0.592. The summed E-state index contributed by atoms with van der Waals surface area (Å²) in [5, 5.41) is 0. The summed E-state index contributed by atoms with van der Waals surface area (Å²) in [6.45, 7) is 2.32. The Bertz CT molecular complexity index is 112. The maximum Gasteiger partial charge on any atom is 0.0200 e. The lowest BCUT2D eigenvalue weighted by molar-refractivity contribution is 0.0958. The molecule has 1 rings (SSSR count).